The second-order valence-corrected chi connectivity index (χ2v) is 8.52. The summed E-state index contributed by atoms with van der Waals surface area (Å²) in [6.45, 7) is 4.65. The van der Waals surface area contributed by atoms with Gasteiger partial charge in [-0.1, -0.05) is 18.2 Å². The molecule has 1 aliphatic heterocycles. The van der Waals surface area contributed by atoms with Crippen molar-refractivity contribution in [3.63, 3.8) is 0 Å². The molecule has 1 unspecified atom stereocenters. The molecule has 0 radical (unpaired) electrons. The van der Waals surface area contributed by atoms with Gasteiger partial charge in [-0.15, -0.1) is 0 Å². The van der Waals surface area contributed by atoms with Crippen molar-refractivity contribution in [1.82, 2.24) is 10.2 Å². The van der Waals surface area contributed by atoms with E-state index in [-0.39, 0.29) is 23.5 Å². The van der Waals surface area contributed by atoms with E-state index in [1.54, 1.807) is 6.07 Å². The molecule has 1 saturated heterocycles. The van der Waals surface area contributed by atoms with E-state index >= 15 is 0 Å². The minimum atomic E-state index is -0.338. The van der Waals surface area contributed by atoms with Crippen molar-refractivity contribution >= 4 is 5.91 Å². The van der Waals surface area contributed by atoms with E-state index in [9.17, 15) is 9.18 Å². The summed E-state index contributed by atoms with van der Waals surface area (Å²) in [5, 5.41) is 3.69. The van der Waals surface area contributed by atoms with Crippen LogP contribution in [0.15, 0.2) is 42.5 Å². The summed E-state index contributed by atoms with van der Waals surface area (Å²) in [6.07, 6.45) is 3.27. The molecule has 3 atom stereocenters. The van der Waals surface area contributed by atoms with Gasteiger partial charge in [0.25, 0.3) is 5.91 Å². The molecule has 1 saturated carbocycles. The number of carbonyl (C=O) groups excluding carboxylic acids is 1. The predicted octanol–water partition coefficient (Wildman–Crippen LogP) is 4.29. The molecule has 6 heteroatoms. The Labute approximate surface area is 183 Å². The molecule has 0 spiro atoms. The summed E-state index contributed by atoms with van der Waals surface area (Å²) in [5.41, 5.74) is 3.06. The highest BCUT2D eigenvalue weighted by Crippen LogP contribution is 2.36. The summed E-state index contributed by atoms with van der Waals surface area (Å²) in [5.74, 6) is 0.515. The van der Waals surface area contributed by atoms with Crippen molar-refractivity contribution < 1.29 is 18.7 Å². The number of ether oxygens (including phenoxy) is 2. The summed E-state index contributed by atoms with van der Waals surface area (Å²) in [6, 6.07) is 13.7. The average Bonchev–Trinajstić information content (AvgIpc) is 3.28. The second kappa shape index (κ2) is 9.79. The molecule has 2 aromatic carbocycles. The van der Waals surface area contributed by atoms with Crippen LogP contribution in [0.1, 0.15) is 59.6 Å². The lowest BCUT2D eigenvalue weighted by Crippen LogP contribution is -2.40. The van der Waals surface area contributed by atoms with Crippen LogP contribution in [0.25, 0.3) is 0 Å². The number of rotatable bonds is 6. The molecule has 31 heavy (non-hydrogen) atoms. The first-order chi connectivity index (χ1) is 15.0. The molecule has 2 aliphatic rings. The molecule has 166 valence electrons. The fourth-order valence-corrected chi connectivity index (χ4v) is 4.68. The van der Waals surface area contributed by atoms with Crippen molar-refractivity contribution in [3.8, 4) is 5.75 Å². The van der Waals surface area contributed by atoms with Crippen LogP contribution in [0.5, 0.6) is 5.75 Å². The molecule has 1 N–H and O–H groups in total. The van der Waals surface area contributed by atoms with E-state index in [4.69, 9.17) is 9.47 Å². The lowest BCUT2D eigenvalue weighted by Gasteiger charge is -2.27. The van der Waals surface area contributed by atoms with Crippen molar-refractivity contribution in [2.75, 3.05) is 33.4 Å². The van der Waals surface area contributed by atoms with Gasteiger partial charge in [0.05, 0.1) is 20.3 Å². The van der Waals surface area contributed by atoms with Crippen LogP contribution < -0.4 is 10.1 Å². The number of nitrogens with zero attached hydrogens (tertiary/aromatic N) is 1. The summed E-state index contributed by atoms with van der Waals surface area (Å²) < 4.78 is 24.1. The molecular weight excluding hydrogens is 395 g/mol. The van der Waals surface area contributed by atoms with Crippen LogP contribution in [0.3, 0.4) is 0 Å². The van der Waals surface area contributed by atoms with Gasteiger partial charge in [-0.2, -0.15) is 0 Å². The average molecular weight is 427 g/mol. The fourth-order valence-electron chi connectivity index (χ4n) is 4.68. The molecule has 2 aromatic rings. The Morgan fingerprint density at radius 3 is 2.61 bits per heavy atom. The number of carbonyl (C=O) groups is 1. The van der Waals surface area contributed by atoms with Crippen molar-refractivity contribution in [2.45, 2.75) is 44.2 Å². The fraction of sp³-hybridized carbons (Fsp3) is 0.480. The van der Waals surface area contributed by atoms with Crippen molar-refractivity contribution in [1.29, 1.82) is 0 Å². The molecule has 4 rings (SSSR count). The quantitative estimate of drug-likeness (QED) is 0.749. The van der Waals surface area contributed by atoms with Crippen molar-refractivity contribution in [3.05, 3.63) is 65.0 Å². The second-order valence-electron chi connectivity index (χ2n) is 8.52. The zero-order chi connectivity index (χ0) is 21.8. The predicted molar refractivity (Wildman–Crippen MR) is 118 cm³/mol. The number of benzene rings is 2. The summed E-state index contributed by atoms with van der Waals surface area (Å²) in [7, 11) is 1.49. The van der Waals surface area contributed by atoms with Gasteiger partial charge in [-0.3, -0.25) is 4.79 Å². The number of amides is 1. The third kappa shape index (κ3) is 5.08. The SMILES string of the molecule is COc1cc([C@@H](C)NC2CC[C@H](c3ccc(C(=O)N4CCOCC4)cc3)C2)ccc1F. The molecule has 2 fully saturated rings. The Bertz CT molecular complexity index is 896. The van der Waals surface area contributed by atoms with Gasteiger partial charge in [-0.05, 0) is 67.5 Å². The number of morpholine rings is 1. The van der Waals surface area contributed by atoms with Crippen LogP contribution in [0.2, 0.25) is 0 Å². The first-order valence-corrected chi connectivity index (χ1v) is 11.1. The molecule has 0 bridgehead atoms. The first kappa shape index (κ1) is 21.8. The highest BCUT2D eigenvalue weighted by atomic mass is 19.1. The molecule has 1 aliphatic carbocycles. The Balaban J connectivity index is 1.33. The standard InChI is InChI=1S/C25H31FN2O3/c1-17(20-8-10-23(26)24(16-20)30-2)27-22-9-7-21(15-22)18-3-5-19(6-4-18)25(29)28-11-13-31-14-12-28/h3-6,8,10,16-17,21-22,27H,7,9,11-15H2,1-2H3/t17-,21+,22?/m1/s1. The van der Waals surface area contributed by atoms with Gasteiger partial charge in [0.15, 0.2) is 11.6 Å². The summed E-state index contributed by atoms with van der Waals surface area (Å²) in [4.78, 5) is 14.5. The van der Waals surface area contributed by atoms with Gasteiger partial charge in [0, 0.05) is 30.7 Å². The maximum Gasteiger partial charge on any atom is 0.254 e. The van der Waals surface area contributed by atoms with Gasteiger partial charge in [0.1, 0.15) is 0 Å². The lowest BCUT2D eigenvalue weighted by molar-refractivity contribution is 0.0303. The Hall–Kier alpha value is -2.44. The maximum absolute atomic E-state index is 13.7. The minimum Gasteiger partial charge on any atom is -0.494 e. The van der Waals surface area contributed by atoms with Crippen LogP contribution in [0.4, 0.5) is 4.39 Å². The maximum atomic E-state index is 13.7. The Morgan fingerprint density at radius 1 is 1.16 bits per heavy atom. The van der Waals surface area contributed by atoms with E-state index in [1.807, 2.05) is 23.1 Å². The molecular formula is C25H31FN2O3. The van der Waals surface area contributed by atoms with E-state index < -0.39 is 0 Å². The van der Waals surface area contributed by atoms with Crippen LogP contribution in [-0.4, -0.2) is 50.3 Å². The van der Waals surface area contributed by atoms with Crippen LogP contribution in [0, 0.1) is 5.82 Å². The van der Waals surface area contributed by atoms with Gasteiger partial charge >= 0.3 is 0 Å². The number of halogens is 1. The third-order valence-corrected chi connectivity index (χ3v) is 6.52. The van der Waals surface area contributed by atoms with Crippen LogP contribution >= 0.6 is 0 Å². The summed E-state index contributed by atoms with van der Waals surface area (Å²) >= 11 is 0. The Kier molecular flexibility index (Phi) is 6.88. The van der Waals surface area contributed by atoms with Crippen molar-refractivity contribution in [2.24, 2.45) is 0 Å². The van der Waals surface area contributed by atoms with Crippen LogP contribution in [-0.2, 0) is 4.74 Å². The normalized spacial score (nSPS) is 22.4. The lowest BCUT2D eigenvalue weighted by atomic mass is 9.96. The highest BCUT2D eigenvalue weighted by Gasteiger charge is 2.27. The topological polar surface area (TPSA) is 50.8 Å². The van der Waals surface area contributed by atoms with E-state index in [1.165, 1.54) is 18.7 Å². The first-order valence-electron chi connectivity index (χ1n) is 11.1. The number of nitrogens with one attached hydrogen (secondary N) is 1. The largest absolute Gasteiger partial charge is 0.494 e. The number of hydrogen-bond acceptors (Lipinski definition) is 4. The zero-order valence-corrected chi connectivity index (χ0v) is 18.3. The van der Waals surface area contributed by atoms with Gasteiger partial charge < -0.3 is 19.7 Å². The van der Waals surface area contributed by atoms with Gasteiger partial charge in [0.2, 0.25) is 0 Å². The molecule has 0 aromatic heterocycles. The Morgan fingerprint density at radius 2 is 1.90 bits per heavy atom. The third-order valence-electron chi connectivity index (χ3n) is 6.52. The van der Waals surface area contributed by atoms with Gasteiger partial charge in [-0.25, -0.2) is 4.39 Å². The number of methoxy groups -OCH3 is 1. The van der Waals surface area contributed by atoms with E-state index in [0.29, 0.717) is 38.3 Å². The zero-order valence-electron chi connectivity index (χ0n) is 18.3. The number of hydrogen-bond donors (Lipinski definition) is 1. The monoisotopic (exact) mass is 426 g/mol. The molecule has 1 amide bonds. The van der Waals surface area contributed by atoms with E-state index in [0.717, 1.165) is 30.4 Å². The van der Waals surface area contributed by atoms with E-state index in [2.05, 4.69) is 24.4 Å². The minimum absolute atomic E-state index is 0.0874. The highest BCUT2D eigenvalue weighted by molar-refractivity contribution is 5.94. The molecule has 5 nitrogen and oxygen atoms in total. The smallest absolute Gasteiger partial charge is 0.254 e. The molecule has 1 heterocycles.